The summed E-state index contributed by atoms with van der Waals surface area (Å²) in [6.07, 6.45) is 2.56. The highest BCUT2D eigenvalue weighted by molar-refractivity contribution is 5.89. The predicted octanol–water partition coefficient (Wildman–Crippen LogP) is 2.95. The molecule has 2 amide bonds. The van der Waals surface area contributed by atoms with E-state index in [4.69, 9.17) is 5.11 Å². The first-order valence-corrected chi connectivity index (χ1v) is 6.32. The number of hydrogen-bond acceptors (Lipinski definition) is 2. The summed E-state index contributed by atoms with van der Waals surface area (Å²) in [5, 5.41) is 14.0. The van der Waals surface area contributed by atoms with Crippen LogP contribution >= 0.6 is 0 Å². The lowest BCUT2D eigenvalue weighted by molar-refractivity contribution is -0.131. The van der Waals surface area contributed by atoms with Gasteiger partial charge < -0.3 is 15.7 Å². The Kier molecular flexibility index (Phi) is 5.32. The van der Waals surface area contributed by atoms with Crippen molar-refractivity contribution in [2.45, 2.75) is 20.8 Å². The highest BCUT2D eigenvalue weighted by Crippen LogP contribution is 2.12. The number of carboxylic acid groups (broad SMARTS) is 1. The first kappa shape index (κ1) is 15.8. The number of urea groups is 1. The maximum absolute atomic E-state index is 11.6. The zero-order chi connectivity index (χ0) is 15.2. The number of carbonyl (C=O) groups is 2. The lowest BCUT2D eigenvalue weighted by Gasteiger charge is -2.18. The third kappa shape index (κ3) is 6.58. The van der Waals surface area contributed by atoms with Crippen molar-refractivity contribution in [2.75, 3.05) is 11.9 Å². The van der Waals surface area contributed by atoms with E-state index >= 15 is 0 Å². The number of rotatable bonds is 4. The summed E-state index contributed by atoms with van der Waals surface area (Å²) in [4.78, 5) is 22.0. The van der Waals surface area contributed by atoms with Crippen LogP contribution in [0.3, 0.4) is 0 Å². The Morgan fingerprint density at radius 3 is 2.30 bits per heavy atom. The molecule has 0 aromatic heterocycles. The fourth-order valence-corrected chi connectivity index (χ4v) is 1.37. The number of carbonyl (C=O) groups excluding carboxylic acids is 1. The van der Waals surface area contributed by atoms with Gasteiger partial charge in [0, 0.05) is 18.3 Å². The van der Waals surface area contributed by atoms with Crippen LogP contribution in [0.1, 0.15) is 26.3 Å². The second kappa shape index (κ2) is 6.75. The van der Waals surface area contributed by atoms with Gasteiger partial charge in [0.15, 0.2) is 0 Å². The predicted molar refractivity (Wildman–Crippen MR) is 79.6 cm³/mol. The molecule has 5 heteroatoms. The lowest BCUT2D eigenvalue weighted by Crippen LogP contribution is -2.35. The fraction of sp³-hybridized carbons (Fsp3) is 0.333. The highest BCUT2D eigenvalue weighted by Gasteiger charge is 2.11. The van der Waals surface area contributed by atoms with E-state index in [1.165, 1.54) is 6.08 Å². The maximum Gasteiger partial charge on any atom is 0.328 e. The van der Waals surface area contributed by atoms with Crippen LogP contribution in [-0.4, -0.2) is 23.7 Å². The van der Waals surface area contributed by atoms with Crippen molar-refractivity contribution < 1.29 is 14.7 Å². The van der Waals surface area contributed by atoms with Crippen LogP contribution in [-0.2, 0) is 4.79 Å². The first-order valence-electron chi connectivity index (χ1n) is 6.32. The molecule has 0 atom stereocenters. The molecule has 1 rings (SSSR count). The van der Waals surface area contributed by atoms with Crippen molar-refractivity contribution in [1.29, 1.82) is 0 Å². The zero-order valence-electron chi connectivity index (χ0n) is 11.9. The first-order chi connectivity index (χ1) is 9.26. The molecule has 1 aromatic rings. The van der Waals surface area contributed by atoms with Crippen molar-refractivity contribution in [2.24, 2.45) is 5.41 Å². The maximum atomic E-state index is 11.6. The summed E-state index contributed by atoms with van der Waals surface area (Å²) in [7, 11) is 0. The molecule has 0 saturated carbocycles. The molecule has 0 aliphatic rings. The molecule has 0 heterocycles. The standard InChI is InChI=1S/C15H20N2O3/c1-15(2,3)10-16-14(20)17-12-7-4-11(5-8-12)6-9-13(18)19/h4-9H,10H2,1-3H3,(H,18,19)(H2,16,17,20). The van der Waals surface area contributed by atoms with Gasteiger partial charge in [0.25, 0.3) is 0 Å². The molecule has 0 aliphatic heterocycles. The molecule has 5 nitrogen and oxygen atoms in total. The third-order valence-electron chi connectivity index (χ3n) is 2.37. The summed E-state index contributed by atoms with van der Waals surface area (Å²) in [6, 6.07) is 6.65. The quantitative estimate of drug-likeness (QED) is 0.740. The summed E-state index contributed by atoms with van der Waals surface area (Å²) in [5.41, 5.74) is 1.44. The number of hydrogen-bond donors (Lipinski definition) is 3. The Bertz CT molecular complexity index is 499. The minimum atomic E-state index is -0.992. The molecule has 0 saturated heterocycles. The van der Waals surface area contributed by atoms with Crippen molar-refractivity contribution in [3.63, 3.8) is 0 Å². The summed E-state index contributed by atoms with van der Waals surface area (Å²) >= 11 is 0. The minimum absolute atomic E-state index is 0.0306. The highest BCUT2D eigenvalue weighted by atomic mass is 16.4. The van der Waals surface area contributed by atoms with Crippen molar-refractivity contribution in [1.82, 2.24) is 5.32 Å². The van der Waals surface area contributed by atoms with Crippen LogP contribution in [0.5, 0.6) is 0 Å². The van der Waals surface area contributed by atoms with E-state index in [1.54, 1.807) is 24.3 Å². The molecule has 108 valence electrons. The zero-order valence-corrected chi connectivity index (χ0v) is 11.9. The topological polar surface area (TPSA) is 78.4 Å². The molecule has 0 unspecified atom stereocenters. The van der Waals surface area contributed by atoms with Gasteiger partial charge in [-0.2, -0.15) is 0 Å². The van der Waals surface area contributed by atoms with Crippen LogP contribution in [0.25, 0.3) is 6.08 Å². The van der Waals surface area contributed by atoms with Gasteiger partial charge in [-0.25, -0.2) is 9.59 Å². The monoisotopic (exact) mass is 276 g/mol. The average molecular weight is 276 g/mol. The molecule has 0 aliphatic carbocycles. The van der Waals surface area contributed by atoms with E-state index in [2.05, 4.69) is 10.6 Å². The molecule has 0 spiro atoms. The van der Waals surface area contributed by atoms with Gasteiger partial charge in [0.1, 0.15) is 0 Å². The Labute approximate surface area is 118 Å². The molecule has 1 aromatic carbocycles. The Balaban J connectivity index is 2.53. The van der Waals surface area contributed by atoms with E-state index in [9.17, 15) is 9.59 Å². The SMILES string of the molecule is CC(C)(C)CNC(=O)Nc1ccc(C=CC(=O)O)cc1. The van der Waals surface area contributed by atoms with Gasteiger partial charge >= 0.3 is 12.0 Å². The smallest absolute Gasteiger partial charge is 0.328 e. The van der Waals surface area contributed by atoms with Crippen molar-refractivity contribution in [3.05, 3.63) is 35.9 Å². The second-order valence-corrected chi connectivity index (χ2v) is 5.66. The molecule has 0 fully saturated rings. The molecular formula is C15H20N2O3. The van der Waals surface area contributed by atoms with E-state index < -0.39 is 5.97 Å². The van der Waals surface area contributed by atoms with E-state index in [0.717, 1.165) is 11.6 Å². The Hall–Kier alpha value is -2.30. The molecule has 0 radical (unpaired) electrons. The van der Waals surface area contributed by atoms with Crippen molar-refractivity contribution >= 4 is 23.8 Å². The summed E-state index contributed by atoms with van der Waals surface area (Å²) in [5.74, 6) is -0.992. The van der Waals surface area contributed by atoms with Crippen LogP contribution in [0.2, 0.25) is 0 Å². The van der Waals surface area contributed by atoms with E-state index in [0.29, 0.717) is 12.2 Å². The largest absolute Gasteiger partial charge is 0.478 e. The van der Waals surface area contributed by atoms with E-state index in [-0.39, 0.29) is 11.4 Å². The van der Waals surface area contributed by atoms with Crippen LogP contribution in [0, 0.1) is 5.41 Å². The van der Waals surface area contributed by atoms with Gasteiger partial charge in [-0.05, 0) is 29.2 Å². The van der Waals surface area contributed by atoms with Gasteiger partial charge in [-0.15, -0.1) is 0 Å². The normalized spacial score (nSPS) is 11.3. The minimum Gasteiger partial charge on any atom is -0.478 e. The number of nitrogens with one attached hydrogen (secondary N) is 2. The second-order valence-electron chi connectivity index (χ2n) is 5.66. The molecular weight excluding hydrogens is 256 g/mol. The summed E-state index contributed by atoms with van der Waals surface area (Å²) in [6.45, 7) is 6.70. The lowest BCUT2D eigenvalue weighted by atomic mass is 9.97. The van der Waals surface area contributed by atoms with Crippen molar-refractivity contribution in [3.8, 4) is 0 Å². The molecule has 20 heavy (non-hydrogen) atoms. The Morgan fingerprint density at radius 2 is 1.80 bits per heavy atom. The number of carboxylic acids is 1. The average Bonchev–Trinajstić information content (AvgIpc) is 2.35. The van der Waals surface area contributed by atoms with Gasteiger partial charge in [-0.3, -0.25) is 0 Å². The number of aliphatic carboxylic acids is 1. The van der Waals surface area contributed by atoms with Crippen LogP contribution in [0.15, 0.2) is 30.3 Å². The van der Waals surface area contributed by atoms with Crippen LogP contribution in [0.4, 0.5) is 10.5 Å². The number of amides is 2. The van der Waals surface area contributed by atoms with E-state index in [1.807, 2.05) is 20.8 Å². The summed E-state index contributed by atoms with van der Waals surface area (Å²) < 4.78 is 0. The Morgan fingerprint density at radius 1 is 1.20 bits per heavy atom. The molecule has 3 N–H and O–H groups in total. The fourth-order valence-electron chi connectivity index (χ4n) is 1.37. The third-order valence-corrected chi connectivity index (χ3v) is 2.37. The van der Waals surface area contributed by atoms with Gasteiger partial charge in [0.05, 0.1) is 0 Å². The number of benzene rings is 1. The van der Waals surface area contributed by atoms with Crippen LogP contribution < -0.4 is 10.6 Å². The van der Waals surface area contributed by atoms with Gasteiger partial charge in [0.2, 0.25) is 0 Å². The molecule has 0 bridgehead atoms. The van der Waals surface area contributed by atoms with Gasteiger partial charge in [-0.1, -0.05) is 32.9 Å². The number of anilines is 1.